The molecule has 0 aromatic heterocycles. The molecule has 1 aliphatic heterocycles. The Labute approximate surface area is 205 Å². The van der Waals surface area contributed by atoms with Crippen LogP contribution in [0, 0.1) is 10.1 Å². The van der Waals surface area contributed by atoms with E-state index in [9.17, 15) is 32.9 Å². The molecule has 1 N–H and O–H groups in total. The first-order valence-corrected chi connectivity index (χ1v) is 10.9. The van der Waals surface area contributed by atoms with E-state index < -0.39 is 39.9 Å². The van der Waals surface area contributed by atoms with Crippen molar-refractivity contribution in [3.8, 4) is 17.2 Å². The van der Waals surface area contributed by atoms with Crippen LogP contribution in [0.3, 0.4) is 0 Å². The van der Waals surface area contributed by atoms with Gasteiger partial charge in [-0.2, -0.15) is 18.2 Å². The minimum Gasteiger partial charge on any atom is -0.490 e. The summed E-state index contributed by atoms with van der Waals surface area (Å²) in [5.41, 5.74) is -1.75. The molecule has 9 nitrogen and oxygen atoms in total. The largest absolute Gasteiger partial charge is 0.490 e. The molecule has 1 aliphatic rings. The molecule has 2 aromatic carbocycles. The number of hydrogen-bond donors (Lipinski definition) is 1. The molecule has 0 aliphatic carbocycles. The number of hydrogen-bond acceptors (Lipinski definition) is 7. The van der Waals surface area contributed by atoms with Gasteiger partial charge in [-0.05, 0) is 54.6 Å². The lowest BCUT2D eigenvalue weighted by Gasteiger charge is -2.15. The van der Waals surface area contributed by atoms with Gasteiger partial charge in [0.05, 0.1) is 27.0 Å². The van der Waals surface area contributed by atoms with E-state index in [2.05, 4.69) is 10.3 Å². The van der Waals surface area contributed by atoms with Crippen LogP contribution in [-0.4, -0.2) is 28.5 Å². The first-order chi connectivity index (χ1) is 16.4. The van der Waals surface area contributed by atoms with Gasteiger partial charge in [0.1, 0.15) is 0 Å². The Morgan fingerprint density at radius 2 is 2.00 bits per heavy atom. The van der Waals surface area contributed by atoms with E-state index in [1.807, 2.05) is 0 Å². The van der Waals surface area contributed by atoms with Crippen molar-refractivity contribution in [3.63, 3.8) is 0 Å². The van der Waals surface area contributed by atoms with Crippen molar-refractivity contribution in [1.29, 1.82) is 0 Å². The maximum Gasteiger partial charge on any atom is 0.416 e. The van der Waals surface area contributed by atoms with Gasteiger partial charge < -0.3 is 14.8 Å². The van der Waals surface area contributed by atoms with Crippen LogP contribution in [0.5, 0.6) is 17.2 Å². The molecular weight excluding hydrogens is 515 g/mol. The van der Waals surface area contributed by atoms with Crippen molar-refractivity contribution >= 4 is 52.1 Å². The van der Waals surface area contributed by atoms with Crippen LogP contribution in [0.2, 0.25) is 5.02 Å². The Hall–Kier alpha value is -3.58. The number of amides is 2. The monoisotopic (exact) mass is 529 g/mol. The molecule has 3 rings (SSSR count). The van der Waals surface area contributed by atoms with Crippen molar-refractivity contribution < 1.29 is 37.2 Å². The molecular formula is C21H15ClF3N3O6S. The average molecular weight is 530 g/mol. The SMILES string of the molecule is CCOc1cc(/C=C2\SC(NC(C)=O)=NC2=O)cc(Cl)c1Oc1ccc(C(F)(F)F)cc1[N+](=O)[O-]. The fraction of sp³-hybridized carbons (Fsp3) is 0.190. The molecule has 35 heavy (non-hydrogen) atoms. The number of ether oxygens (including phenoxy) is 2. The van der Waals surface area contributed by atoms with E-state index in [1.165, 1.54) is 25.1 Å². The van der Waals surface area contributed by atoms with Gasteiger partial charge in [-0.1, -0.05) is 11.6 Å². The third-order valence-electron chi connectivity index (χ3n) is 4.23. The number of carbonyl (C=O) groups is 2. The molecule has 2 amide bonds. The van der Waals surface area contributed by atoms with Gasteiger partial charge in [0.2, 0.25) is 11.7 Å². The van der Waals surface area contributed by atoms with Crippen LogP contribution in [0.1, 0.15) is 25.0 Å². The average Bonchev–Trinajstić information content (AvgIpc) is 3.07. The zero-order chi connectivity index (χ0) is 25.9. The van der Waals surface area contributed by atoms with E-state index in [4.69, 9.17) is 21.1 Å². The number of nitrogens with zero attached hydrogens (tertiary/aromatic N) is 2. The van der Waals surface area contributed by atoms with E-state index >= 15 is 0 Å². The van der Waals surface area contributed by atoms with Crippen LogP contribution >= 0.6 is 23.4 Å². The van der Waals surface area contributed by atoms with E-state index in [0.717, 1.165) is 17.8 Å². The fourth-order valence-electron chi connectivity index (χ4n) is 2.83. The lowest BCUT2D eigenvalue weighted by Crippen LogP contribution is -2.23. The summed E-state index contributed by atoms with van der Waals surface area (Å²) in [7, 11) is 0. The predicted molar refractivity (Wildman–Crippen MR) is 123 cm³/mol. The molecule has 0 unspecified atom stereocenters. The number of thioether (sulfide) groups is 1. The van der Waals surface area contributed by atoms with Crippen LogP contribution in [0.25, 0.3) is 6.08 Å². The Balaban J connectivity index is 1.98. The van der Waals surface area contributed by atoms with Crippen LogP contribution in [0.4, 0.5) is 18.9 Å². The quantitative estimate of drug-likeness (QED) is 0.295. The van der Waals surface area contributed by atoms with E-state index in [0.29, 0.717) is 17.7 Å². The van der Waals surface area contributed by atoms with Crippen molar-refractivity contribution in [2.75, 3.05) is 6.61 Å². The van der Waals surface area contributed by atoms with Gasteiger partial charge in [-0.15, -0.1) is 0 Å². The smallest absolute Gasteiger partial charge is 0.416 e. The molecule has 0 spiro atoms. The van der Waals surface area contributed by atoms with E-state index in [1.54, 1.807) is 6.92 Å². The number of nitro groups is 1. The summed E-state index contributed by atoms with van der Waals surface area (Å²) in [6.45, 7) is 3.04. The van der Waals surface area contributed by atoms with E-state index in [-0.39, 0.29) is 33.2 Å². The highest BCUT2D eigenvalue weighted by Crippen LogP contribution is 2.44. The zero-order valence-electron chi connectivity index (χ0n) is 17.9. The number of rotatable bonds is 6. The number of amidine groups is 1. The second kappa shape index (κ2) is 10.4. The second-order valence-corrected chi connectivity index (χ2v) is 8.25. The summed E-state index contributed by atoms with van der Waals surface area (Å²) in [4.78, 5) is 37.6. The molecule has 0 atom stereocenters. The van der Waals surface area contributed by atoms with Crippen LogP contribution in [-0.2, 0) is 15.8 Å². The van der Waals surface area contributed by atoms with Gasteiger partial charge in [-0.25, -0.2) is 0 Å². The number of aliphatic imine (C=N–C) groups is 1. The van der Waals surface area contributed by atoms with Crippen LogP contribution < -0.4 is 14.8 Å². The lowest BCUT2D eigenvalue weighted by molar-refractivity contribution is -0.385. The number of halogens is 4. The molecule has 2 aromatic rings. The third-order valence-corrected chi connectivity index (χ3v) is 5.41. The fourth-order valence-corrected chi connectivity index (χ4v) is 3.95. The Morgan fingerprint density at radius 3 is 2.60 bits per heavy atom. The third kappa shape index (κ3) is 6.31. The minimum atomic E-state index is -4.79. The van der Waals surface area contributed by atoms with Crippen molar-refractivity contribution in [3.05, 3.63) is 61.5 Å². The van der Waals surface area contributed by atoms with Gasteiger partial charge in [0.25, 0.3) is 5.91 Å². The minimum absolute atomic E-state index is 0.0273. The Kier molecular flexibility index (Phi) is 7.70. The lowest BCUT2D eigenvalue weighted by atomic mass is 10.1. The number of nitrogens with one attached hydrogen (secondary N) is 1. The van der Waals surface area contributed by atoms with Gasteiger partial charge in [0, 0.05) is 13.0 Å². The van der Waals surface area contributed by atoms with Crippen molar-refractivity contribution in [2.24, 2.45) is 4.99 Å². The van der Waals surface area contributed by atoms with Crippen molar-refractivity contribution in [1.82, 2.24) is 5.32 Å². The van der Waals surface area contributed by atoms with Gasteiger partial charge in [-0.3, -0.25) is 19.7 Å². The van der Waals surface area contributed by atoms with Crippen LogP contribution in [0.15, 0.2) is 40.2 Å². The Morgan fingerprint density at radius 1 is 1.29 bits per heavy atom. The van der Waals surface area contributed by atoms with Crippen molar-refractivity contribution in [2.45, 2.75) is 20.0 Å². The molecule has 0 fully saturated rings. The second-order valence-electron chi connectivity index (χ2n) is 6.82. The summed E-state index contributed by atoms with van der Waals surface area (Å²) in [5.74, 6) is -1.61. The normalized spacial score (nSPS) is 14.6. The molecule has 0 radical (unpaired) electrons. The first kappa shape index (κ1) is 26.0. The topological polar surface area (TPSA) is 120 Å². The molecule has 1 heterocycles. The first-order valence-electron chi connectivity index (χ1n) is 9.69. The zero-order valence-corrected chi connectivity index (χ0v) is 19.5. The number of alkyl halides is 3. The molecule has 184 valence electrons. The van der Waals surface area contributed by atoms with Gasteiger partial charge in [0.15, 0.2) is 16.7 Å². The summed E-state index contributed by atoms with van der Waals surface area (Å²) in [6.07, 6.45) is -3.35. The highest BCUT2D eigenvalue weighted by atomic mass is 35.5. The highest BCUT2D eigenvalue weighted by molar-refractivity contribution is 8.18. The van der Waals surface area contributed by atoms with Gasteiger partial charge >= 0.3 is 11.9 Å². The molecule has 0 saturated heterocycles. The number of benzene rings is 2. The molecule has 0 saturated carbocycles. The maximum absolute atomic E-state index is 13.0. The summed E-state index contributed by atoms with van der Waals surface area (Å²) < 4.78 is 50.0. The summed E-state index contributed by atoms with van der Waals surface area (Å²) in [5, 5.41) is 13.8. The molecule has 0 bridgehead atoms. The predicted octanol–water partition coefficient (Wildman–Crippen LogP) is 5.56. The Bertz CT molecular complexity index is 1280. The maximum atomic E-state index is 13.0. The summed E-state index contributed by atoms with van der Waals surface area (Å²) in [6, 6.07) is 4.62. The summed E-state index contributed by atoms with van der Waals surface area (Å²) >= 11 is 7.24. The molecule has 14 heteroatoms. The number of nitro benzene ring substituents is 1. The standard InChI is InChI=1S/C21H15ClF3N3O6S/c1-3-33-16-7-11(8-17-19(30)27-20(35-17)26-10(2)29)6-13(22)18(16)34-15-5-4-12(21(23,24)25)9-14(15)28(31)32/h4-9H,3H2,1-2H3,(H,26,27,29,30)/b17-8-. The number of carbonyl (C=O) groups excluding carboxylic acids is 2. The highest BCUT2D eigenvalue weighted by Gasteiger charge is 2.34.